The number of carbonyl (C=O) groups excluding carboxylic acids is 2. The number of halogens is 9. The maximum atomic E-state index is 15.5. The number of fused-ring (bicyclic) bond motifs is 1. The number of nitrogens with two attached hydrogens (primary N) is 1. The number of nitrogens with one attached hydrogen (secondary N) is 1. The van der Waals surface area contributed by atoms with E-state index < -0.39 is 101 Å². The van der Waals surface area contributed by atoms with Crippen molar-refractivity contribution in [3.63, 3.8) is 0 Å². The lowest BCUT2D eigenvalue weighted by Crippen LogP contribution is -2.44. The normalized spacial score (nSPS) is 19.0. The second-order valence-electron chi connectivity index (χ2n) is 8.73. The van der Waals surface area contributed by atoms with Crippen LogP contribution in [0.25, 0.3) is 16.8 Å². The Hall–Kier alpha value is -4.05. The molecule has 210 valence electrons. The summed E-state index contributed by atoms with van der Waals surface area (Å²) < 4.78 is 124. The van der Waals surface area contributed by atoms with Crippen LogP contribution in [0, 0.1) is 17.6 Å². The highest BCUT2D eigenvalue weighted by molar-refractivity contribution is 5.96. The zero-order chi connectivity index (χ0) is 29.0. The van der Waals surface area contributed by atoms with Gasteiger partial charge in [-0.15, -0.1) is 0 Å². The van der Waals surface area contributed by atoms with Crippen molar-refractivity contribution in [3.05, 3.63) is 47.3 Å². The predicted octanol–water partition coefficient (Wildman–Crippen LogP) is 3.75. The number of amides is 2. The summed E-state index contributed by atoms with van der Waals surface area (Å²) in [5.74, 6) is -9.16. The monoisotopic (exact) mass is 568 g/mol. The Kier molecular flexibility index (Phi) is 6.89. The van der Waals surface area contributed by atoms with Crippen molar-refractivity contribution < 1.29 is 49.1 Å². The van der Waals surface area contributed by atoms with Crippen molar-refractivity contribution in [2.24, 2.45) is 5.92 Å². The van der Waals surface area contributed by atoms with Crippen LogP contribution in [0.15, 0.2) is 24.5 Å². The van der Waals surface area contributed by atoms with E-state index in [4.69, 9.17) is 5.73 Å². The molecule has 8 nitrogen and oxygen atoms in total. The lowest BCUT2D eigenvalue weighted by atomic mass is 10.0. The summed E-state index contributed by atoms with van der Waals surface area (Å²) in [6, 6.07) is 0.169. The average Bonchev–Trinajstić information content (AvgIpc) is 3.39. The third-order valence-electron chi connectivity index (χ3n) is 6.22. The Labute approximate surface area is 212 Å². The number of hydrogen-bond acceptors (Lipinski definition) is 5. The van der Waals surface area contributed by atoms with Gasteiger partial charge in [-0.25, -0.2) is 22.7 Å². The van der Waals surface area contributed by atoms with Crippen LogP contribution in [0.5, 0.6) is 0 Å². The Morgan fingerprint density at radius 3 is 2.41 bits per heavy atom. The van der Waals surface area contributed by atoms with Crippen LogP contribution in [-0.4, -0.2) is 62.8 Å². The van der Waals surface area contributed by atoms with Crippen molar-refractivity contribution in [2.45, 2.75) is 31.5 Å². The number of rotatable bonds is 4. The van der Waals surface area contributed by atoms with E-state index in [-0.39, 0.29) is 0 Å². The minimum Gasteiger partial charge on any atom is -0.382 e. The number of hydrogen-bond donors (Lipinski definition) is 2. The van der Waals surface area contributed by atoms with Crippen molar-refractivity contribution in [3.8, 4) is 11.3 Å². The van der Waals surface area contributed by atoms with Gasteiger partial charge in [-0.3, -0.25) is 9.59 Å². The summed E-state index contributed by atoms with van der Waals surface area (Å²) >= 11 is 0. The number of nitrogen functional groups attached to an aromatic ring is 1. The standard InChI is InChI=1S/C22H17F9N6O2/c1-8(21(26,27)28)20(39)36-5-12(24)13(6-36)35-19(38)15-11(23)3-2-9(16(15)25)14-4-10(22(29,30)31)17-18(32)33-7-34-37(14)17/h2-4,7-8,12-13H,5-6H2,1H3,(H,35,38)(H2,32,33,34)/t8?,12-,13+/m0/s1. The summed E-state index contributed by atoms with van der Waals surface area (Å²) in [7, 11) is 0. The molecule has 0 spiro atoms. The van der Waals surface area contributed by atoms with Crippen LogP contribution < -0.4 is 11.1 Å². The number of anilines is 1. The largest absolute Gasteiger partial charge is 0.418 e. The Bertz CT molecular complexity index is 1450. The molecule has 3 aromatic rings. The molecule has 39 heavy (non-hydrogen) atoms. The summed E-state index contributed by atoms with van der Waals surface area (Å²) in [5.41, 5.74) is 0.906. The molecule has 4 rings (SSSR count). The number of likely N-dealkylation sites (tertiary alicyclic amines) is 1. The number of nitrogens with zero attached hydrogens (tertiary/aromatic N) is 4. The summed E-state index contributed by atoms with van der Waals surface area (Å²) in [5, 5.41) is 5.58. The third-order valence-corrected chi connectivity index (χ3v) is 6.22. The number of benzene rings is 1. The maximum absolute atomic E-state index is 15.5. The van der Waals surface area contributed by atoms with E-state index in [2.05, 4.69) is 10.1 Å². The molecule has 1 saturated heterocycles. The zero-order valence-electron chi connectivity index (χ0n) is 19.5. The minimum atomic E-state index is -4.98. The lowest BCUT2D eigenvalue weighted by molar-refractivity contribution is -0.185. The Morgan fingerprint density at radius 1 is 1.13 bits per heavy atom. The molecule has 3 N–H and O–H groups in total. The second kappa shape index (κ2) is 9.60. The van der Waals surface area contributed by atoms with Gasteiger partial charge >= 0.3 is 12.4 Å². The third kappa shape index (κ3) is 5.04. The molecule has 1 fully saturated rings. The zero-order valence-corrected chi connectivity index (χ0v) is 19.5. The quantitative estimate of drug-likeness (QED) is 0.467. The van der Waals surface area contributed by atoms with Crippen molar-refractivity contribution in [1.82, 2.24) is 24.8 Å². The van der Waals surface area contributed by atoms with Gasteiger partial charge in [-0.2, -0.15) is 31.4 Å². The van der Waals surface area contributed by atoms with Gasteiger partial charge in [-0.1, -0.05) is 0 Å². The van der Waals surface area contributed by atoms with E-state index in [1.807, 2.05) is 5.32 Å². The Balaban J connectivity index is 1.67. The predicted molar refractivity (Wildman–Crippen MR) is 116 cm³/mol. The van der Waals surface area contributed by atoms with Crippen molar-refractivity contribution >= 4 is 23.1 Å². The SMILES string of the molecule is CC(C(=O)N1C[C@H](F)[C@H](NC(=O)c2c(F)ccc(-c3cc(C(F)(F)F)c4c(N)ncnn34)c2F)C1)C(F)(F)F. The van der Waals surface area contributed by atoms with Gasteiger partial charge in [0.1, 0.15) is 41.1 Å². The molecular formula is C22H17F9N6O2. The van der Waals surface area contributed by atoms with Crippen molar-refractivity contribution in [2.75, 3.05) is 18.8 Å². The van der Waals surface area contributed by atoms with Gasteiger partial charge in [0.05, 0.1) is 23.8 Å². The number of aromatic nitrogens is 3. The lowest BCUT2D eigenvalue weighted by Gasteiger charge is -2.22. The minimum absolute atomic E-state index is 0.470. The molecule has 0 saturated carbocycles. The Morgan fingerprint density at radius 2 is 1.79 bits per heavy atom. The first-order chi connectivity index (χ1) is 18.0. The van der Waals surface area contributed by atoms with Gasteiger partial charge in [0, 0.05) is 12.1 Å². The molecule has 0 bridgehead atoms. The van der Waals surface area contributed by atoms with Crippen LogP contribution in [-0.2, 0) is 11.0 Å². The molecule has 3 heterocycles. The second-order valence-corrected chi connectivity index (χ2v) is 8.73. The van der Waals surface area contributed by atoms with Gasteiger partial charge in [0.25, 0.3) is 5.91 Å². The van der Waals surface area contributed by atoms with Gasteiger partial charge < -0.3 is 16.0 Å². The molecule has 2 amide bonds. The summed E-state index contributed by atoms with van der Waals surface area (Å²) in [6.07, 6.45) is -11.2. The fraction of sp³-hybridized carbons (Fsp3) is 0.364. The molecule has 0 radical (unpaired) electrons. The van der Waals surface area contributed by atoms with Crippen LogP contribution in [0.3, 0.4) is 0 Å². The first kappa shape index (κ1) is 28.0. The molecule has 1 aromatic carbocycles. The van der Waals surface area contributed by atoms with Crippen LogP contribution in [0.1, 0.15) is 22.8 Å². The van der Waals surface area contributed by atoms with E-state index in [0.717, 1.165) is 12.4 Å². The molecule has 1 aliphatic rings. The van der Waals surface area contributed by atoms with E-state index in [9.17, 15) is 44.7 Å². The maximum Gasteiger partial charge on any atom is 0.418 e. The number of alkyl halides is 7. The number of carbonyl (C=O) groups is 2. The summed E-state index contributed by atoms with van der Waals surface area (Å²) in [6.45, 7) is -0.956. The average molecular weight is 568 g/mol. The smallest absolute Gasteiger partial charge is 0.382 e. The van der Waals surface area contributed by atoms with Crippen LogP contribution in [0.2, 0.25) is 0 Å². The van der Waals surface area contributed by atoms with Gasteiger partial charge in [0.15, 0.2) is 5.82 Å². The molecule has 0 aliphatic carbocycles. The van der Waals surface area contributed by atoms with E-state index in [1.165, 1.54) is 0 Å². The van der Waals surface area contributed by atoms with E-state index in [0.29, 0.717) is 28.5 Å². The van der Waals surface area contributed by atoms with E-state index >= 15 is 4.39 Å². The molecule has 1 unspecified atom stereocenters. The van der Waals surface area contributed by atoms with Crippen molar-refractivity contribution in [1.29, 1.82) is 0 Å². The van der Waals surface area contributed by atoms with Gasteiger partial charge in [-0.05, 0) is 25.1 Å². The summed E-state index contributed by atoms with van der Waals surface area (Å²) in [4.78, 5) is 28.8. The van der Waals surface area contributed by atoms with E-state index in [1.54, 1.807) is 0 Å². The van der Waals surface area contributed by atoms with Gasteiger partial charge in [0.2, 0.25) is 5.91 Å². The highest BCUT2D eigenvalue weighted by Crippen LogP contribution is 2.39. The molecule has 1 aliphatic heterocycles. The highest BCUT2D eigenvalue weighted by Gasteiger charge is 2.46. The topological polar surface area (TPSA) is 106 Å². The highest BCUT2D eigenvalue weighted by atomic mass is 19.4. The molecule has 2 aromatic heterocycles. The fourth-order valence-corrected chi connectivity index (χ4v) is 4.17. The fourth-order valence-electron chi connectivity index (χ4n) is 4.17. The molecular weight excluding hydrogens is 551 g/mol. The molecule has 17 heteroatoms. The first-order valence-corrected chi connectivity index (χ1v) is 11.0. The van der Waals surface area contributed by atoms with Crippen LogP contribution >= 0.6 is 0 Å². The first-order valence-electron chi connectivity index (χ1n) is 11.0. The molecule has 3 atom stereocenters. The van der Waals surface area contributed by atoms with Crippen LogP contribution in [0.4, 0.5) is 45.3 Å².